The van der Waals surface area contributed by atoms with Gasteiger partial charge in [-0.15, -0.1) is 0 Å². The molecule has 0 saturated heterocycles. The Kier molecular flexibility index (Phi) is 53.7. The van der Waals surface area contributed by atoms with E-state index in [0.29, 0.717) is 19.3 Å². The summed E-state index contributed by atoms with van der Waals surface area (Å²) in [5.41, 5.74) is 0. The number of hydrogen-bond donors (Lipinski definition) is 0. The van der Waals surface area contributed by atoms with Crippen LogP contribution in [0.5, 0.6) is 0 Å². The van der Waals surface area contributed by atoms with Gasteiger partial charge in [-0.05, 0) is 51.4 Å². The topological polar surface area (TPSA) is 78.9 Å². The molecule has 0 spiro atoms. The largest absolute Gasteiger partial charge is 0.462 e. The first-order valence-electron chi connectivity index (χ1n) is 29.3. The molecule has 388 valence electrons. The number of esters is 3. The molecule has 1 atom stereocenters. The number of carbonyl (C=O) groups excluding carboxylic acids is 3. The van der Waals surface area contributed by atoms with Crippen molar-refractivity contribution in [1.82, 2.24) is 0 Å². The Balaban J connectivity index is 4.33. The normalized spacial score (nSPS) is 12.1. The van der Waals surface area contributed by atoms with Gasteiger partial charge in [0.15, 0.2) is 6.10 Å². The molecule has 0 fully saturated rings. The zero-order valence-electron chi connectivity index (χ0n) is 44.5. The molecule has 0 N–H and O–H groups in total. The van der Waals surface area contributed by atoms with Gasteiger partial charge in [0.1, 0.15) is 13.2 Å². The molecule has 6 heteroatoms. The molecule has 0 aromatic heterocycles. The van der Waals surface area contributed by atoms with E-state index in [1.54, 1.807) is 0 Å². The first-order valence-corrected chi connectivity index (χ1v) is 29.3. The molecule has 0 aliphatic rings. The standard InChI is InChI=1S/C60H112O6/c1-4-7-10-13-16-19-22-25-28-30-33-35-38-41-44-47-50-53-59(62)65-56-57(55-64-58(61)52-49-46-43-40-37-34-31-27-24-21-18-15-12-9-6-3)66-60(63)54-51-48-45-42-39-36-32-29-26-23-20-17-14-11-8-5-2/h16,19,25,28,57H,4-15,17-18,20-24,26-27,29-56H2,1-3H3/b19-16-,28-25-. The molecule has 0 aromatic carbocycles. The highest BCUT2D eigenvalue weighted by molar-refractivity contribution is 5.71. The minimum absolute atomic E-state index is 0.0679. The summed E-state index contributed by atoms with van der Waals surface area (Å²) in [6.07, 6.45) is 64.5. The van der Waals surface area contributed by atoms with Crippen molar-refractivity contribution in [2.75, 3.05) is 13.2 Å². The van der Waals surface area contributed by atoms with E-state index in [1.165, 1.54) is 212 Å². The van der Waals surface area contributed by atoms with Crippen molar-refractivity contribution in [3.63, 3.8) is 0 Å². The van der Waals surface area contributed by atoms with E-state index in [0.717, 1.165) is 70.6 Å². The fourth-order valence-electron chi connectivity index (χ4n) is 8.77. The molecule has 66 heavy (non-hydrogen) atoms. The molecular weight excluding hydrogens is 817 g/mol. The van der Waals surface area contributed by atoms with Gasteiger partial charge in [-0.1, -0.05) is 276 Å². The number of unbranched alkanes of at least 4 members (excludes halogenated alkanes) is 39. The fraction of sp³-hybridized carbons (Fsp3) is 0.883. The highest BCUT2D eigenvalue weighted by Crippen LogP contribution is 2.17. The van der Waals surface area contributed by atoms with Crippen molar-refractivity contribution in [3.8, 4) is 0 Å². The van der Waals surface area contributed by atoms with E-state index in [4.69, 9.17) is 14.2 Å². The van der Waals surface area contributed by atoms with Gasteiger partial charge in [-0.2, -0.15) is 0 Å². The summed E-state index contributed by atoms with van der Waals surface area (Å²) in [6, 6.07) is 0. The van der Waals surface area contributed by atoms with E-state index in [1.807, 2.05) is 0 Å². The monoisotopic (exact) mass is 929 g/mol. The Morgan fingerprint density at radius 3 is 0.864 bits per heavy atom. The van der Waals surface area contributed by atoms with Gasteiger partial charge in [0.2, 0.25) is 0 Å². The Labute approximate surface area is 411 Å². The molecular formula is C60H112O6. The first kappa shape index (κ1) is 63.9. The molecule has 0 bridgehead atoms. The molecule has 1 unspecified atom stereocenters. The van der Waals surface area contributed by atoms with E-state index >= 15 is 0 Å². The molecule has 6 nitrogen and oxygen atoms in total. The SMILES string of the molecule is CCCCC/C=C\C/C=C\CCCCCCCCCC(=O)OCC(COC(=O)CCCCCCCCCCCCCCCCC)OC(=O)CCCCCCCCCCCCCCCCCC. The predicted molar refractivity (Wildman–Crippen MR) is 284 cm³/mol. The van der Waals surface area contributed by atoms with Gasteiger partial charge in [0.25, 0.3) is 0 Å². The van der Waals surface area contributed by atoms with Crippen LogP contribution in [0, 0.1) is 0 Å². The van der Waals surface area contributed by atoms with Crippen LogP contribution in [0.25, 0.3) is 0 Å². The summed E-state index contributed by atoms with van der Waals surface area (Å²) < 4.78 is 16.9. The molecule has 0 radical (unpaired) electrons. The van der Waals surface area contributed by atoms with Crippen LogP contribution in [0.3, 0.4) is 0 Å². The highest BCUT2D eigenvalue weighted by Gasteiger charge is 2.19. The molecule has 0 heterocycles. The van der Waals surface area contributed by atoms with Crippen LogP contribution in [-0.2, 0) is 28.6 Å². The Hall–Kier alpha value is -2.11. The van der Waals surface area contributed by atoms with E-state index in [9.17, 15) is 14.4 Å². The molecule has 0 saturated carbocycles. The second-order valence-electron chi connectivity index (χ2n) is 19.9. The highest BCUT2D eigenvalue weighted by atomic mass is 16.6. The van der Waals surface area contributed by atoms with Crippen LogP contribution >= 0.6 is 0 Å². The quantitative estimate of drug-likeness (QED) is 0.0262. The number of rotatable bonds is 54. The van der Waals surface area contributed by atoms with Crippen molar-refractivity contribution in [1.29, 1.82) is 0 Å². The second kappa shape index (κ2) is 55.5. The van der Waals surface area contributed by atoms with Crippen molar-refractivity contribution < 1.29 is 28.6 Å². The van der Waals surface area contributed by atoms with Gasteiger partial charge in [-0.25, -0.2) is 0 Å². The third kappa shape index (κ3) is 52.9. The Morgan fingerprint density at radius 1 is 0.303 bits per heavy atom. The van der Waals surface area contributed by atoms with Crippen molar-refractivity contribution in [2.45, 2.75) is 329 Å². The number of allylic oxidation sites excluding steroid dienone is 4. The predicted octanol–water partition coefficient (Wildman–Crippen LogP) is 19.5. The average molecular weight is 930 g/mol. The summed E-state index contributed by atoms with van der Waals surface area (Å²) in [5.74, 6) is -0.853. The Bertz CT molecular complexity index is 1070. The maximum absolute atomic E-state index is 12.9. The number of carbonyl (C=O) groups is 3. The summed E-state index contributed by atoms with van der Waals surface area (Å²) in [4.78, 5) is 38.2. The van der Waals surface area contributed by atoms with Gasteiger partial charge < -0.3 is 14.2 Å². The smallest absolute Gasteiger partial charge is 0.306 e. The molecule has 0 aliphatic carbocycles. The lowest BCUT2D eigenvalue weighted by Crippen LogP contribution is -2.30. The molecule has 0 aliphatic heterocycles. The Morgan fingerprint density at radius 2 is 0.545 bits per heavy atom. The van der Waals surface area contributed by atoms with E-state index < -0.39 is 6.10 Å². The van der Waals surface area contributed by atoms with Gasteiger partial charge in [0, 0.05) is 19.3 Å². The summed E-state index contributed by atoms with van der Waals surface area (Å²) in [5, 5.41) is 0. The van der Waals surface area contributed by atoms with Gasteiger partial charge >= 0.3 is 17.9 Å². The molecule has 0 rings (SSSR count). The lowest BCUT2D eigenvalue weighted by molar-refractivity contribution is -0.167. The average Bonchev–Trinajstić information content (AvgIpc) is 3.31. The van der Waals surface area contributed by atoms with Gasteiger partial charge in [-0.3, -0.25) is 14.4 Å². The van der Waals surface area contributed by atoms with Crippen LogP contribution in [0.4, 0.5) is 0 Å². The molecule has 0 aromatic rings. The first-order chi connectivity index (χ1) is 32.5. The van der Waals surface area contributed by atoms with E-state index in [2.05, 4.69) is 45.1 Å². The zero-order valence-corrected chi connectivity index (χ0v) is 44.5. The van der Waals surface area contributed by atoms with Crippen molar-refractivity contribution in [2.24, 2.45) is 0 Å². The summed E-state index contributed by atoms with van der Waals surface area (Å²) in [6.45, 7) is 6.66. The van der Waals surface area contributed by atoms with E-state index in [-0.39, 0.29) is 31.1 Å². The lowest BCUT2D eigenvalue weighted by atomic mass is 10.0. The maximum Gasteiger partial charge on any atom is 0.306 e. The minimum Gasteiger partial charge on any atom is -0.462 e. The van der Waals surface area contributed by atoms with Crippen LogP contribution in [-0.4, -0.2) is 37.2 Å². The maximum atomic E-state index is 12.9. The lowest BCUT2D eigenvalue weighted by Gasteiger charge is -2.18. The fourth-order valence-corrected chi connectivity index (χ4v) is 8.77. The van der Waals surface area contributed by atoms with Crippen LogP contribution in [0.2, 0.25) is 0 Å². The third-order valence-electron chi connectivity index (χ3n) is 13.2. The number of hydrogen-bond acceptors (Lipinski definition) is 6. The van der Waals surface area contributed by atoms with Crippen LogP contribution in [0.15, 0.2) is 24.3 Å². The van der Waals surface area contributed by atoms with Crippen LogP contribution in [0.1, 0.15) is 323 Å². The second-order valence-corrected chi connectivity index (χ2v) is 19.9. The number of ether oxygens (including phenoxy) is 3. The minimum atomic E-state index is -0.769. The summed E-state index contributed by atoms with van der Waals surface area (Å²) >= 11 is 0. The summed E-state index contributed by atoms with van der Waals surface area (Å²) in [7, 11) is 0. The third-order valence-corrected chi connectivity index (χ3v) is 13.2. The van der Waals surface area contributed by atoms with Crippen LogP contribution < -0.4 is 0 Å². The van der Waals surface area contributed by atoms with Crippen molar-refractivity contribution >= 4 is 17.9 Å². The molecule has 0 amide bonds. The zero-order chi connectivity index (χ0) is 47.9. The van der Waals surface area contributed by atoms with Crippen molar-refractivity contribution in [3.05, 3.63) is 24.3 Å². The van der Waals surface area contributed by atoms with Gasteiger partial charge in [0.05, 0.1) is 0 Å².